The van der Waals surface area contributed by atoms with Crippen LogP contribution in [0.4, 0.5) is 0 Å². The minimum Gasteiger partial charge on any atom is -0.500 e. The smallest absolute Gasteiger partial charge is 0.264 e. The summed E-state index contributed by atoms with van der Waals surface area (Å²) in [5, 5.41) is 26.7. The second-order valence-electron chi connectivity index (χ2n) is 10.5. The average molecular weight is 711 g/mol. The first kappa shape index (κ1) is 43.3. The van der Waals surface area contributed by atoms with Crippen molar-refractivity contribution in [3.8, 4) is 0 Å². The Bertz CT molecular complexity index is 1310. The van der Waals surface area contributed by atoms with Crippen molar-refractivity contribution < 1.29 is 47.1 Å². The molecule has 3 N–H and O–H groups in total. The van der Waals surface area contributed by atoms with Gasteiger partial charge in [-0.3, -0.25) is 9.80 Å². The van der Waals surface area contributed by atoms with E-state index in [0.717, 1.165) is 66.9 Å². The molecule has 0 radical (unpaired) electrons. The standard InChI is InChI=1S/C13H16O3.C11H18N2O5S.C10H20N2O2/c1-3-15-9-12-5-11(8-14)6-13(7-12)10-16-4-2;1-4-17-8-6-13(5-7-14)19(15,16)11-9(2)18-10(3)12-11;1-2-14-10-8-12-5-3-11(4-6-12)7-9-13/h3-7,14H,1-2,8-10H2;4,14H,1,5-8H2,2-3H3;2,13H,1,3-10H2. The largest absolute Gasteiger partial charge is 0.500 e. The molecule has 2 aromatic rings. The average Bonchev–Trinajstić information content (AvgIpc) is 3.45. The van der Waals surface area contributed by atoms with Crippen LogP contribution in [0.1, 0.15) is 28.3 Å². The molecule has 0 saturated carbocycles. The van der Waals surface area contributed by atoms with Gasteiger partial charge in [0.2, 0.25) is 5.03 Å². The van der Waals surface area contributed by atoms with Crippen LogP contribution in [0.5, 0.6) is 0 Å². The first-order chi connectivity index (χ1) is 23.6. The quantitative estimate of drug-likeness (QED) is 0.128. The van der Waals surface area contributed by atoms with Crippen molar-refractivity contribution in [1.82, 2.24) is 19.1 Å². The molecule has 0 atom stereocenters. The number of benzene rings is 1. The summed E-state index contributed by atoms with van der Waals surface area (Å²) >= 11 is 0. The molecule has 0 amide bonds. The van der Waals surface area contributed by atoms with Crippen LogP contribution in [0.3, 0.4) is 0 Å². The van der Waals surface area contributed by atoms with Crippen LogP contribution in [0.15, 0.2) is 79.0 Å². The van der Waals surface area contributed by atoms with E-state index in [-0.39, 0.29) is 56.2 Å². The zero-order chi connectivity index (χ0) is 36.5. The number of hydrogen-bond donors (Lipinski definition) is 3. The first-order valence-electron chi connectivity index (χ1n) is 15.8. The molecule has 1 aromatic carbocycles. The molecular formula is C34H54N4O10S. The number of ether oxygens (including phenoxy) is 4. The molecule has 0 unspecified atom stereocenters. The summed E-state index contributed by atoms with van der Waals surface area (Å²) in [5.41, 5.74) is 2.80. The molecule has 0 bridgehead atoms. The SMILES string of the molecule is C=COCCN(CCO)S(=O)(=O)c1nc(C)oc1C.C=COCCN1CCN(CCO)CC1.C=COCc1cc(CO)cc(COC=C)c1. The third-order valence-electron chi connectivity index (χ3n) is 6.93. The van der Waals surface area contributed by atoms with E-state index in [0.29, 0.717) is 13.2 Å². The lowest BCUT2D eigenvalue weighted by atomic mass is 10.1. The van der Waals surface area contributed by atoms with Crippen molar-refractivity contribution in [3.63, 3.8) is 0 Å². The maximum Gasteiger partial charge on any atom is 0.264 e. The molecule has 1 saturated heterocycles. The van der Waals surface area contributed by atoms with E-state index in [1.54, 1.807) is 6.92 Å². The highest BCUT2D eigenvalue weighted by atomic mass is 32.2. The predicted molar refractivity (Wildman–Crippen MR) is 186 cm³/mol. The monoisotopic (exact) mass is 710 g/mol. The van der Waals surface area contributed by atoms with Crippen LogP contribution < -0.4 is 0 Å². The number of β-amino-alcohol motifs (C(OH)–C–C–N with tert-alkyl or cyclic N) is 1. The van der Waals surface area contributed by atoms with E-state index >= 15 is 0 Å². The van der Waals surface area contributed by atoms with Crippen molar-refractivity contribution >= 4 is 10.0 Å². The van der Waals surface area contributed by atoms with Gasteiger partial charge < -0.3 is 38.7 Å². The Balaban J connectivity index is 0.000000372. The van der Waals surface area contributed by atoms with Crippen molar-refractivity contribution in [2.75, 3.05) is 78.8 Å². The highest BCUT2D eigenvalue weighted by Crippen LogP contribution is 2.19. The number of aliphatic hydroxyl groups is 3. The Morgan fingerprint density at radius 1 is 0.776 bits per heavy atom. The van der Waals surface area contributed by atoms with Gasteiger partial charge in [-0.15, -0.1) is 0 Å². The number of rotatable bonds is 21. The van der Waals surface area contributed by atoms with Crippen molar-refractivity contribution in [3.05, 3.63) is 97.9 Å². The highest BCUT2D eigenvalue weighted by Gasteiger charge is 2.29. The van der Waals surface area contributed by atoms with Gasteiger partial charge >= 0.3 is 0 Å². The van der Waals surface area contributed by atoms with Crippen molar-refractivity contribution in [2.45, 2.75) is 38.7 Å². The molecular weight excluding hydrogens is 656 g/mol. The normalized spacial score (nSPS) is 13.3. The first-order valence-corrected chi connectivity index (χ1v) is 17.3. The molecule has 1 aromatic heterocycles. The van der Waals surface area contributed by atoms with Crippen LogP contribution in [0.25, 0.3) is 0 Å². The molecule has 3 rings (SSSR count). The van der Waals surface area contributed by atoms with Crippen LogP contribution in [-0.4, -0.2) is 122 Å². The summed E-state index contributed by atoms with van der Waals surface area (Å²) in [4.78, 5) is 8.53. The molecule has 15 heteroatoms. The van der Waals surface area contributed by atoms with E-state index in [9.17, 15) is 8.42 Å². The number of nitrogens with zero attached hydrogens (tertiary/aromatic N) is 4. The van der Waals surface area contributed by atoms with Crippen LogP contribution in [-0.2, 0) is 48.8 Å². The van der Waals surface area contributed by atoms with Gasteiger partial charge in [-0.05, 0) is 29.7 Å². The van der Waals surface area contributed by atoms with E-state index in [1.165, 1.54) is 32.0 Å². The molecule has 14 nitrogen and oxygen atoms in total. The number of aryl methyl sites for hydroxylation is 2. The van der Waals surface area contributed by atoms with Gasteiger partial charge in [0, 0.05) is 59.3 Å². The Hall–Kier alpha value is -3.70. The van der Waals surface area contributed by atoms with Crippen LogP contribution in [0.2, 0.25) is 0 Å². The summed E-state index contributed by atoms with van der Waals surface area (Å²) in [6, 6.07) is 5.74. The summed E-state index contributed by atoms with van der Waals surface area (Å²) in [6.07, 6.45) is 5.51. The lowest BCUT2D eigenvalue weighted by molar-refractivity contribution is 0.0950. The molecule has 1 aliphatic heterocycles. The number of aromatic nitrogens is 1. The number of aliphatic hydroxyl groups excluding tert-OH is 3. The van der Waals surface area contributed by atoms with E-state index < -0.39 is 10.0 Å². The molecule has 0 spiro atoms. The maximum absolute atomic E-state index is 12.4. The minimum absolute atomic E-state index is 0.00299. The topological polar surface area (TPSA) is 167 Å². The third-order valence-corrected chi connectivity index (χ3v) is 8.84. The molecule has 276 valence electrons. The van der Waals surface area contributed by atoms with Gasteiger partial charge in [0.1, 0.15) is 25.6 Å². The Labute approximate surface area is 291 Å². The van der Waals surface area contributed by atoms with E-state index in [1.807, 2.05) is 18.2 Å². The fraction of sp³-hybridized carbons (Fsp3) is 0.500. The van der Waals surface area contributed by atoms with Crippen molar-refractivity contribution in [1.29, 1.82) is 0 Å². The fourth-order valence-electron chi connectivity index (χ4n) is 4.62. The number of oxazole rings is 1. The molecule has 49 heavy (non-hydrogen) atoms. The van der Waals surface area contributed by atoms with Crippen LogP contribution >= 0.6 is 0 Å². The lowest BCUT2D eigenvalue weighted by Crippen LogP contribution is -2.47. The van der Waals surface area contributed by atoms with Crippen LogP contribution in [0, 0.1) is 13.8 Å². The lowest BCUT2D eigenvalue weighted by Gasteiger charge is -2.34. The second-order valence-corrected chi connectivity index (χ2v) is 12.3. The Kier molecular flexibility index (Phi) is 22.4. The van der Waals surface area contributed by atoms with Gasteiger partial charge in [0.05, 0.1) is 51.5 Å². The zero-order valence-electron chi connectivity index (χ0n) is 28.9. The molecule has 0 aliphatic carbocycles. The van der Waals surface area contributed by atoms with E-state index in [4.69, 9.17) is 38.7 Å². The maximum atomic E-state index is 12.4. The summed E-state index contributed by atoms with van der Waals surface area (Å²) in [7, 11) is -3.80. The van der Waals surface area contributed by atoms with E-state index in [2.05, 4.69) is 41.1 Å². The second kappa shape index (κ2) is 25.3. The van der Waals surface area contributed by atoms with Gasteiger partial charge in [0.15, 0.2) is 5.89 Å². The Morgan fingerprint density at radius 2 is 1.29 bits per heavy atom. The summed E-state index contributed by atoms with van der Waals surface area (Å²) < 4.78 is 51.1. The molecule has 2 heterocycles. The Morgan fingerprint density at radius 3 is 1.73 bits per heavy atom. The minimum atomic E-state index is -3.80. The molecule has 1 fully saturated rings. The van der Waals surface area contributed by atoms with Gasteiger partial charge in [-0.1, -0.05) is 38.4 Å². The highest BCUT2D eigenvalue weighted by molar-refractivity contribution is 7.89. The zero-order valence-corrected chi connectivity index (χ0v) is 29.7. The predicted octanol–water partition coefficient (Wildman–Crippen LogP) is 2.69. The fourth-order valence-corrected chi connectivity index (χ4v) is 6.15. The number of hydrogen-bond acceptors (Lipinski definition) is 13. The third kappa shape index (κ3) is 17.0. The summed E-state index contributed by atoms with van der Waals surface area (Å²) in [6.45, 7) is 24.8. The van der Waals surface area contributed by atoms with Gasteiger partial charge in [0.25, 0.3) is 10.0 Å². The summed E-state index contributed by atoms with van der Waals surface area (Å²) in [5.74, 6) is 0.507. The van der Waals surface area contributed by atoms with Crippen molar-refractivity contribution in [2.24, 2.45) is 0 Å². The van der Waals surface area contributed by atoms with Gasteiger partial charge in [-0.25, -0.2) is 13.4 Å². The number of sulfonamides is 1. The molecule has 1 aliphatic rings. The number of piperazine rings is 1. The van der Waals surface area contributed by atoms with Gasteiger partial charge in [-0.2, -0.15) is 4.31 Å².